The monoisotopic (exact) mass is 319 g/mol. The Bertz CT molecular complexity index is 833. The molecule has 0 saturated heterocycles. The summed E-state index contributed by atoms with van der Waals surface area (Å²) in [5.41, 5.74) is 3.61. The summed E-state index contributed by atoms with van der Waals surface area (Å²) < 4.78 is 0. The zero-order valence-corrected chi connectivity index (χ0v) is 14.7. The van der Waals surface area contributed by atoms with Crippen molar-refractivity contribution < 1.29 is 5.11 Å². The van der Waals surface area contributed by atoms with Crippen molar-refractivity contribution in [1.82, 2.24) is 4.98 Å². The molecule has 124 valence electrons. The minimum Gasteiger partial charge on any atom is -0.385 e. The van der Waals surface area contributed by atoms with Crippen LogP contribution >= 0.6 is 0 Å². The number of aromatic nitrogens is 1. The third-order valence-corrected chi connectivity index (χ3v) is 4.99. The standard InChI is InChI=1S/C22H25NO/c1-4-17(18-10-6-5-9-16(18)2)15-22(3,24)20-13-14-23-21-12-8-7-11-19(20)21/h5-14,17,24H,4,15H2,1-3H3. The van der Waals surface area contributed by atoms with Crippen molar-refractivity contribution >= 4 is 10.9 Å². The number of para-hydroxylation sites is 1. The van der Waals surface area contributed by atoms with Crippen molar-refractivity contribution in [3.63, 3.8) is 0 Å². The molecular weight excluding hydrogens is 294 g/mol. The van der Waals surface area contributed by atoms with E-state index >= 15 is 0 Å². The predicted molar refractivity (Wildman–Crippen MR) is 100 cm³/mol. The first-order valence-corrected chi connectivity index (χ1v) is 8.65. The molecule has 24 heavy (non-hydrogen) atoms. The SMILES string of the molecule is CCC(CC(C)(O)c1ccnc2ccccc12)c1ccccc1C. The topological polar surface area (TPSA) is 33.1 Å². The van der Waals surface area contributed by atoms with E-state index in [0.717, 1.165) is 22.9 Å². The highest BCUT2D eigenvalue weighted by Gasteiger charge is 2.29. The Morgan fingerprint density at radius 3 is 2.50 bits per heavy atom. The first-order chi connectivity index (χ1) is 11.5. The largest absolute Gasteiger partial charge is 0.385 e. The third kappa shape index (κ3) is 3.20. The lowest BCUT2D eigenvalue weighted by Gasteiger charge is -2.30. The Kier molecular flexibility index (Phi) is 4.68. The third-order valence-electron chi connectivity index (χ3n) is 4.99. The van der Waals surface area contributed by atoms with Gasteiger partial charge in [0.15, 0.2) is 0 Å². The van der Waals surface area contributed by atoms with Crippen LogP contribution in [0.2, 0.25) is 0 Å². The van der Waals surface area contributed by atoms with E-state index in [4.69, 9.17) is 0 Å². The van der Waals surface area contributed by atoms with Gasteiger partial charge in [-0.1, -0.05) is 49.4 Å². The molecule has 3 aromatic rings. The van der Waals surface area contributed by atoms with E-state index in [1.165, 1.54) is 11.1 Å². The molecule has 2 heteroatoms. The number of hydrogen-bond acceptors (Lipinski definition) is 2. The van der Waals surface area contributed by atoms with Crippen molar-refractivity contribution in [3.8, 4) is 0 Å². The van der Waals surface area contributed by atoms with Crippen molar-refractivity contribution in [1.29, 1.82) is 0 Å². The lowest BCUT2D eigenvalue weighted by molar-refractivity contribution is 0.0407. The summed E-state index contributed by atoms with van der Waals surface area (Å²) in [6, 6.07) is 18.5. The van der Waals surface area contributed by atoms with Gasteiger partial charge in [-0.15, -0.1) is 0 Å². The molecule has 3 rings (SSSR count). The Morgan fingerprint density at radius 2 is 1.75 bits per heavy atom. The average Bonchev–Trinajstić information content (AvgIpc) is 2.60. The van der Waals surface area contributed by atoms with E-state index in [-0.39, 0.29) is 0 Å². The molecule has 0 amide bonds. The summed E-state index contributed by atoms with van der Waals surface area (Å²) in [7, 11) is 0. The van der Waals surface area contributed by atoms with Crippen LogP contribution in [-0.2, 0) is 5.60 Å². The van der Waals surface area contributed by atoms with Crippen LogP contribution in [0.1, 0.15) is 49.3 Å². The van der Waals surface area contributed by atoms with Gasteiger partial charge < -0.3 is 5.11 Å². The van der Waals surface area contributed by atoms with Crippen LogP contribution < -0.4 is 0 Å². The molecule has 2 aromatic carbocycles. The maximum atomic E-state index is 11.3. The van der Waals surface area contributed by atoms with Crippen molar-refractivity contribution in [2.75, 3.05) is 0 Å². The number of aliphatic hydroxyl groups is 1. The summed E-state index contributed by atoms with van der Waals surface area (Å²) in [5.74, 6) is 0.327. The number of rotatable bonds is 5. The second kappa shape index (κ2) is 6.74. The Hall–Kier alpha value is -2.19. The lowest BCUT2D eigenvalue weighted by atomic mass is 9.79. The van der Waals surface area contributed by atoms with Gasteiger partial charge in [0, 0.05) is 11.6 Å². The fraction of sp³-hybridized carbons (Fsp3) is 0.318. The zero-order valence-electron chi connectivity index (χ0n) is 14.7. The van der Waals surface area contributed by atoms with Crippen LogP contribution in [0.3, 0.4) is 0 Å². The van der Waals surface area contributed by atoms with Gasteiger partial charge in [0.05, 0.1) is 11.1 Å². The molecule has 0 aliphatic rings. The van der Waals surface area contributed by atoms with Gasteiger partial charge in [0.25, 0.3) is 0 Å². The average molecular weight is 319 g/mol. The zero-order chi connectivity index (χ0) is 17.2. The maximum absolute atomic E-state index is 11.3. The summed E-state index contributed by atoms with van der Waals surface area (Å²) >= 11 is 0. The molecule has 1 aromatic heterocycles. The summed E-state index contributed by atoms with van der Waals surface area (Å²) in [6.07, 6.45) is 3.49. The van der Waals surface area contributed by atoms with E-state index in [1.54, 1.807) is 6.20 Å². The van der Waals surface area contributed by atoms with Crippen LogP contribution in [-0.4, -0.2) is 10.1 Å². The van der Waals surface area contributed by atoms with E-state index in [1.807, 2.05) is 37.3 Å². The molecule has 0 aliphatic heterocycles. The fourth-order valence-corrected chi connectivity index (χ4v) is 3.67. The minimum absolute atomic E-state index is 0.327. The van der Waals surface area contributed by atoms with Gasteiger partial charge in [-0.05, 0) is 61.4 Å². The normalized spacial score (nSPS) is 15.2. The predicted octanol–water partition coefficient (Wildman–Crippen LogP) is 5.33. The highest BCUT2D eigenvalue weighted by atomic mass is 16.3. The Labute approximate surface area is 144 Å². The van der Waals surface area contributed by atoms with Gasteiger partial charge in [-0.25, -0.2) is 0 Å². The van der Waals surface area contributed by atoms with Gasteiger partial charge in [-0.2, -0.15) is 0 Å². The molecule has 0 radical (unpaired) electrons. The second-order valence-corrected chi connectivity index (χ2v) is 6.82. The van der Waals surface area contributed by atoms with E-state index in [0.29, 0.717) is 12.3 Å². The maximum Gasteiger partial charge on any atom is 0.0881 e. The first-order valence-electron chi connectivity index (χ1n) is 8.65. The van der Waals surface area contributed by atoms with Gasteiger partial charge in [0.1, 0.15) is 0 Å². The molecule has 2 nitrogen and oxygen atoms in total. The number of benzene rings is 2. The van der Waals surface area contributed by atoms with Crippen molar-refractivity contribution in [2.45, 2.75) is 45.1 Å². The number of aryl methyl sites for hydroxylation is 1. The number of pyridine rings is 1. The number of fused-ring (bicyclic) bond motifs is 1. The summed E-state index contributed by atoms with van der Waals surface area (Å²) in [5, 5.41) is 12.3. The van der Waals surface area contributed by atoms with Gasteiger partial charge in [-0.3, -0.25) is 4.98 Å². The molecule has 0 bridgehead atoms. The van der Waals surface area contributed by atoms with Crippen LogP contribution in [0.25, 0.3) is 10.9 Å². The molecule has 1 N–H and O–H groups in total. The van der Waals surface area contributed by atoms with E-state index in [9.17, 15) is 5.11 Å². The molecule has 0 saturated carbocycles. The quantitative estimate of drug-likeness (QED) is 0.689. The van der Waals surface area contributed by atoms with Crippen LogP contribution in [0, 0.1) is 6.92 Å². The van der Waals surface area contributed by atoms with Gasteiger partial charge >= 0.3 is 0 Å². The summed E-state index contributed by atoms with van der Waals surface area (Å²) in [4.78, 5) is 4.42. The number of hydrogen-bond donors (Lipinski definition) is 1. The Morgan fingerprint density at radius 1 is 1.04 bits per heavy atom. The van der Waals surface area contributed by atoms with Gasteiger partial charge in [0.2, 0.25) is 0 Å². The first kappa shape index (κ1) is 16.7. The summed E-state index contributed by atoms with van der Waals surface area (Å²) in [6.45, 7) is 6.27. The van der Waals surface area contributed by atoms with Crippen molar-refractivity contribution in [3.05, 3.63) is 77.5 Å². The number of nitrogens with zero attached hydrogens (tertiary/aromatic N) is 1. The highest BCUT2D eigenvalue weighted by Crippen LogP contribution is 2.38. The molecule has 2 unspecified atom stereocenters. The fourth-order valence-electron chi connectivity index (χ4n) is 3.67. The highest BCUT2D eigenvalue weighted by molar-refractivity contribution is 5.82. The van der Waals surface area contributed by atoms with Crippen molar-refractivity contribution in [2.24, 2.45) is 0 Å². The Balaban J connectivity index is 1.99. The van der Waals surface area contributed by atoms with E-state index in [2.05, 4.69) is 43.1 Å². The lowest BCUT2D eigenvalue weighted by Crippen LogP contribution is -2.25. The van der Waals surface area contributed by atoms with E-state index < -0.39 is 5.60 Å². The molecule has 0 aliphatic carbocycles. The van der Waals surface area contributed by atoms with Crippen LogP contribution in [0.15, 0.2) is 60.8 Å². The molecular formula is C22H25NO. The molecule has 0 fully saturated rings. The van der Waals surface area contributed by atoms with Crippen LogP contribution in [0.4, 0.5) is 0 Å². The van der Waals surface area contributed by atoms with Crippen LogP contribution in [0.5, 0.6) is 0 Å². The smallest absolute Gasteiger partial charge is 0.0881 e. The minimum atomic E-state index is -0.897. The molecule has 1 heterocycles. The second-order valence-electron chi connectivity index (χ2n) is 6.82. The molecule has 0 spiro atoms. The molecule has 2 atom stereocenters.